The number of aromatic nitrogens is 2. The van der Waals surface area contributed by atoms with Gasteiger partial charge in [0.05, 0.1) is 11.6 Å². The second-order valence-electron chi connectivity index (χ2n) is 4.88. The number of nitriles is 1. The van der Waals surface area contributed by atoms with Crippen molar-refractivity contribution in [2.45, 2.75) is 13.3 Å². The zero-order valence-corrected chi connectivity index (χ0v) is 13.1. The van der Waals surface area contributed by atoms with Crippen molar-refractivity contribution in [3.63, 3.8) is 0 Å². The predicted octanol–water partition coefficient (Wildman–Crippen LogP) is 2.89. The van der Waals surface area contributed by atoms with Gasteiger partial charge in [-0.15, -0.1) is 0 Å². The summed E-state index contributed by atoms with van der Waals surface area (Å²) in [5.74, 6) is 1.26. The molecule has 0 aliphatic heterocycles. The molecule has 0 spiro atoms. The van der Waals surface area contributed by atoms with Gasteiger partial charge in [0.2, 0.25) is 5.95 Å². The lowest BCUT2D eigenvalue weighted by molar-refractivity contribution is 0.964. The Bertz CT molecular complexity index is 700. The van der Waals surface area contributed by atoms with Crippen LogP contribution < -0.4 is 16.4 Å². The van der Waals surface area contributed by atoms with Crippen molar-refractivity contribution in [1.29, 1.82) is 5.26 Å². The molecule has 0 amide bonds. The van der Waals surface area contributed by atoms with Crippen LogP contribution >= 0.6 is 0 Å². The van der Waals surface area contributed by atoms with Crippen molar-refractivity contribution in [2.75, 3.05) is 23.7 Å². The molecule has 1 aromatic carbocycles. The number of nitrogens with zero attached hydrogens (tertiary/aromatic N) is 3. The first-order chi connectivity index (χ1) is 11.3. The molecule has 6 nitrogen and oxygen atoms in total. The van der Waals surface area contributed by atoms with Crippen LogP contribution in [0, 0.1) is 11.3 Å². The van der Waals surface area contributed by atoms with E-state index in [-0.39, 0.29) is 0 Å². The molecule has 0 saturated carbocycles. The molecule has 0 aliphatic rings. The van der Waals surface area contributed by atoms with Crippen LogP contribution in [0.15, 0.2) is 36.5 Å². The van der Waals surface area contributed by atoms with Gasteiger partial charge in [-0.25, -0.2) is 4.98 Å². The van der Waals surface area contributed by atoms with Crippen LogP contribution in [0.3, 0.4) is 0 Å². The zero-order chi connectivity index (χ0) is 16.5. The van der Waals surface area contributed by atoms with Crippen molar-refractivity contribution in [3.05, 3.63) is 47.7 Å². The predicted molar refractivity (Wildman–Crippen MR) is 93.3 cm³/mol. The summed E-state index contributed by atoms with van der Waals surface area (Å²) in [7, 11) is 0. The van der Waals surface area contributed by atoms with Gasteiger partial charge in [-0.1, -0.05) is 19.1 Å². The van der Waals surface area contributed by atoms with E-state index < -0.39 is 0 Å². The summed E-state index contributed by atoms with van der Waals surface area (Å²) in [5, 5.41) is 15.2. The molecule has 1 heterocycles. The normalized spacial score (nSPS) is 10.5. The summed E-state index contributed by atoms with van der Waals surface area (Å²) in [6.07, 6.45) is 6.53. The van der Waals surface area contributed by atoms with E-state index in [4.69, 9.17) is 11.0 Å². The minimum absolute atomic E-state index is 0.471. The fourth-order valence-electron chi connectivity index (χ4n) is 1.91. The Morgan fingerprint density at radius 2 is 2.09 bits per heavy atom. The Hall–Kier alpha value is -2.91. The van der Waals surface area contributed by atoms with Gasteiger partial charge in [-0.3, -0.25) is 0 Å². The third-order valence-electron chi connectivity index (χ3n) is 3.06. The molecule has 2 rings (SSSR count). The molecular weight excluding hydrogens is 288 g/mol. The van der Waals surface area contributed by atoms with Gasteiger partial charge in [0, 0.05) is 30.5 Å². The molecule has 0 saturated heterocycles. The van der Waals surface area contributed by atoms with Crippen molar-refractivity contribution in [2.24, 2.45) is 5.73 Å². The molecule has 0 radical (unpaired) electrons. The summed E-state index contributed by atoms with van der Waals surface area (Å²) in [4.78, 5) is 8.83. The van der Waals surface area contributed by atoms with E-state index in [1.165, 1.54) is 0 Å². The lowest BCUT2D eigenvalue weighted by atomic mass is 10.2. The van der Waals surface area contributed by atoms with Gasteiger partial charge in [-0.2, -0.15) is 10.2 Å². The van der Waals surface area contributed by atoms with Crippen molar-refractivity contribution in [1.82, 2.24) is 9.97 Å². The molecular formula is C17H20N6. The summed E-state index contributed by atoms with van der Waals surface area (Å²) < 4.78 is 0. The first-order valence-corrected chi connectivity index (χ1v) is 7.51. The van der Waals surface area contributed by atoms with E-state index in [1.807, 2.05) is 24.3 Å². The van der Waals surface area contributed by atoms with Crippen molar-refractivity contribution in [3.8, 4) is 6.07 Å². The first-order valence-electron chi connectivity index (χ1n) is 7.51. The molecule has 0 aliphatic carbocycles. The Kier molecular flexibility index (Phi) is 6.09. The highest BCUT2D eigenvalue weighted by Gasteiger charge is 2.05. The molecule has 2 aromatic rings. The molecule has 1 aromatic heterocycles. The lowest BCUT2D eigenvalue weighted by Crippen LogP contribution is -2.07. The monoisotopic (exact) mass is 308 g/mol. The van der Waals surface area contributed by atoms with E-state index in [0.29, 0.717) is 18.1 Å². The van der Waals surface area contributed by atoms with Crippen LogP contribution in [-0.4, -0.2) is 23.1 Å². The van der Waals surface area contributed by atoms with Crippen LogP contribution in [0.5, 0.6) is 0 Å². The number of hydrogen-bond donors (Lipinski definition) is 3. The second-order valence-corrected chi connectivity index (χ2v) is 4.88. The lowest BCUT2D eigenvalue weighted by Gasteiger charge is -2.10. The highest BCUT2D eigenvalue weighted by molar-refractivity contribution is 5.65. The van der Waals surface area contributed by atoms with Crippen molar-refractivity contribution < 1.29 is 0 Å². The Morgan fingerprint density at radius 1 is 1.30 bits per heavy atom. The molecule has 23 heavy (non-hydrogen) atoms. The highest BCUT2D eigenvalue weighted by atomic mass is 15.1. The van der Waals surface area contributed by atoms with Gasteiger partial charge in [-0.05, 0) is 30.7 Å². The fraction of sp³-hybridized carbons (Fsp3) is 0.235. The Morgan fingerprint density at radius 3 is 2.74 bits per heavy atom. The number of nitrogens with one attached hydrogen (secondary N) is 2. The SMILES string of the molecule is CCCNc1nc(Nc2ccc(C#N)cc2)ncc1/C=C\CN. The molecule has 4 N–H and O–H groups in total. The van der Waals surface area contributed by atoms with Gasteiger partial charge in [0.15, 0.2) is 0 Å². The Labute approximate surface area is 136 Å². The summed E-state index contributed by atoms with van der Waals surface area (Å²) in [6.45, 7) is 3.40. The average Bonchev–Trinajstić information content (AvgIpc) is 2.59. The molecule has 0 fully saturated rings. The van der Waals surface area contributed by atoms with Crippen LogP contribution in [0.1, 0.15) is 24.5 Å². The number of hydrogen-bond acceptors (Lipinski definition) is 6. The van der Waals surface area contributed by atoms with Gasteiger partial charge in [0.25, 0.3) is 0 Å². The van der Waals surface area contributed by atoms with E-state index in [9.17, 15) is 0 Å². The summed E-state index contributed by atoms with van der Waals surface area (Å²) >= 11 is 0. The number of rotatable bonds is 7. The highest BCUT2D eigenvalue weighted by Crippen LogP contribution is 2.19. The van der Waals surface area contributed by atoms with Crippen LogP contribution in [0.2, 0.25) is 0 Å². The van der Waals surface area contributed by atoms with Crippen molar-refractivity contribution >= 4 is 23.5 Å². The van der Waals surface area contributed by atoms with Crippen LogP contribution in [0.4, 0.5) is 17.5 Å². The van der Waals surface area contributed by atoms with Crippen LogP contribution in [0.25, 0.3) is 6.08 Å². The quantitative estimate of drug-likeness (QED) is 0.727. The minimum Gasteiger partial charge on any atom is -0.369 e. The van der Waals surface area contributed by atoms with Gasteiger partial charge in [0.1, 0.15) is 5.82 Å². The fourth-order valence-corrected chi connectivity index (χ4v) is 1.91. The molecule has 0 atom stereocenters. The standard InChI is InChI=1S/C17H20N6/c1-2-10-20-16-14(4-3-9-18)12-21-17(23-16)22-15-7-5-13(11-19)6-8-15/h3-8,12H,2,9-10,18H2,1H3,(H2,20,21,22,23)/b4-3-. The van der Waals surface area contributed by atoms with E-state index >= 15 is 0 Å². The topological polar surface area (TPSA) is 99.6 Å². The maximum absolute atomic E-state index is 8.82. The summed E-state index contributed by atoms with van der Waals surface area (Å²) in [5.41, 5.74) is 7.84. The van der Waals surface area contributed by atoms with Gasteiger partial charge >= 0.3 is 0 Å². The third-order valence-corrected chi connectivity index (χ3v) is 3.06. The minimum atomic E-state index is 0.471. The third kappa shape index (κ3) is 4.80. The smallest absolute Gasteiger partial charge is 0.229 e. The number of nitrogens with two attached hydrogens (primary N) is 1. The number of anilines is 3. The van der Waals surface area contributed by atoms with E-state index in [0.717, 1.165) is 30.0 Å². The molecule has 0 bridgehead atoms. The molecule has 6 heteroatoms. The molecule has 0 unspecified atom stereocenters. The summed E-state index contributed by atoms with van der Waals surface area (Å²) in [6, 6.07) is 9.23. The Balaban J connectivity index is 2.21. The second kappa shape index (κ2) is 8.51. The van der Waals surface area contributed by atoms with E-state index in [1.54, 1.807) is 18.3 Å². The molecule has 118 valence electrons. The maximum Gasteiger partial charge on any atom is 0.229 e. The number of benzene rings is 1. The van der Waals surface area contributed by atoms with Gasteiger partial charge < -0.3 is 16.4 Å². The average molecular weight is 308 g/mol. The van der Waals surface area contributed by atoms with E-state index in [2.05, 4.69) is 33.6 Å². The first kappa shape index (κ1) is 16.5. The maximum atomic E-state index is 8.82. The zero-order valence-electron chi connectivity index (χ0n) is 13.1. The largest absolute Gasteiger partial charge is 0.369 e. The van der Waals surface area contributed by atoms with Crippen LogP contribution in [-0.2, 0) is 0 Å².